The van der Waals surface area contributed by atoms with Crippen molar-refractivity contribution in [2.45, 2.75) is 52.9 Å². The molecule has 1 aromatic heterocycles. The van der Waals surface area contributed by atoms with Crippen LogP contribution in [0.3, 0.4) is 0 Å². The van der Waals surface area contributed by atoms with Gasteiger partial charge in [-0.2, -0.15) is 0 Å². The van der Waals surface area contributed by atoms with Crippen LogP contribution in [0.15, 0.2) is 24.3 Å². The zero-order chi connectivity index (χ0) is 21.9. The molecule has 3 rings (SSSR count). The Labute approximate surface area is 182 Å². The van der Waals surface area contributed by atoms with E-state index in [-0.39, 0.29) is 17.3 Å². The smallest absolute Gasteiger partial charge is 0.341 e. The van der Waals surface area contributed by atoms with Gasteiger partial charge in [0.15, 0.2) is 0 Å². The SMILES string of the molecule is COC(=O)c1c(NC(=O)CCc2ccc(OC)cc2)sc2c1CCC(C(C)(C)C)C2. The summed E-state index contributed by atoms with van der Waals surface area (Å²) in [4.78, 5) is 26.3. The lowest BCUT2D eigenvalue weighted by atomic mass is 9.72. The van der Waals surface area contributed by atoms with Crippen molar-refractivity contribution in [1.29, 1.82) is 0 Å². The topological polar surface area (TPSA) is 64.6 Å². The number of carbonyl (C=O) groups is 2. The first-order chi connectivity index (χ1) is 14.2. The number of nitrogens with one attached hydrogen (secondary N) is 1. The number of methoxy groups -OCH3 is 2. The average Bonchev–Trinajstić information content (AvgIpc) is 3.08. The van der Waals surface area contributed by atoms with E-state index in [4.69, 9.17) is 9.47 Å². The fourth-order valence-electron chi connectivity index (χ4n) is 3.97. The van der Waals surface area contributed by atoms with Crippen molar-refractivity contribution in [2.24, 2.45) is 11.3 Å². The van der Waals surface area contributed by atoms with E-state index in [0.717, 1.165) is 36.1 Å². The first-order valence-electron chi connectivity index (χ1n) is 10.4. The van der Waals surface area contributed by atoms with E-state index in [9.17, 15) is 9.59 Å². The van der Waals surface area contributed by atoms with E-state index >= 15 is 0 Å². The number of amides is 1. The Morgan fingerprint density at radius 1 is 1.17 bits per heavy atom. The first-order valence-corrected chi connectivity index (χ1v) is 11.2. The number of thiophene rings is 1. The summed E-state index contributed by atoms with van der Waals surface area (Å²) in [5, 5.41) is 3.61. The highest BCUT2D eigenvalue weighted by molar-refractivity contribution is 7.17. The number of esters is 1. The van der Waals surface area contributed by atoms with Crippen LogP contribution >= 0.6 is 11.3 Å². The molecule has 1 aromatic carbocycles. The molecule has 30 heavy (non-hydrogen) atoms. The molecule has 0 radical (unpaired) electrons. The van der Waals surface area contributed by atoms with Crippen molar-refractivity contribution < 1.29 is 19.1 Å². The Kier molecular flexibility index (Phi) is 6.86. The Bertz CT molecular complexity index is 909. The maximum absolute atomic E-state index is 12.6. The van der Waals surface area contributed by atoms with E-state index in [1.54, 1.807) is 7.11 Å². The number of fused-ring (bicyclic) bond motifs is 1. The van der Waals surface area contributed by atoms with Crippen molar-refractivity contribution in [3.05, 3.63) is 45.8 Å². The maximum Gasteiger partial charge on any atom is 0.341 e. The highest BCUT2D eigenvalue weighted by atomic mass is 32.1. The number of hydrogen-bond acceptors (Lipinski definition) is 5. The maximum atomic E-state index is 12.6. The highest BCUT2D eigenvalue weighted by Gasteiger charge is 2.34. The van der Waals surface area contributed by atoms with Gasteiger partial charge in [-0.15, -0.1) is 11.3 Å². The summed E-state index contributed by atoms with van der Waals surface area (Å²) in [5.41, 5.74) is 2.88. The third-order valence-corrected chi connectivity index (χ3v) is 7.10. The zero-order valence-electron chi connectivity index (χ0n) is 18.5. The zero-order valence-corrected chi connectivity index (χ0v) is 19.3. The Morgan fingerprint density at radius 3 is 2.47 bits per heavy atom. The fourth-order valence-corrected chi connectivity index (χ4v) is 5.30. The average molecular weight is 430 g/mol. The van der Waals surface area contributed by atoms with Gasteiger partial charge in [-0.1, -0.05) is 32.9 Å². The molecule has 1 N–H and O–H groups in total. The van der Waals surface area contributed by atoms with Gasteiger partial charge in [0.1, 0.15) is 10.8 Å². The molecule has 1 aliphatic rings. The standard InChI is InChI=1S/C24H31NO4S/c1-24(2,3)16-9-12-18-19(14-16)30-22(21(18)23(27)29-5)25-20(26)13-8-15-6-10-17(28-4)11-7-15/h6-7,10-11,16H,8-9,12-14H2,1-5H3,(H,25,26). The number of anilines is 1. The third kappa shape index (κ3) is 5.04. The second-order valence-electron chi connectivity index (χ2n) is 8.90. The van der Waals surface area contributed by atoms with Gasteiger partial charge in [-0.25, -0.2) is 4.79 Å². The Balaban J connectivity index is 1.73. The van der Waals surface area contributed by atoms with Crippen molar-refractivity contribution >= 4 is 28.2 Å². The number of hydrogen-bond donors (Lipinski definition) is 1. The van der Waals surface area contributed by atoms with Gasteiger partial charge in [0.05, 0.1) is 19.8 Å². The van der Waals surface area contributed by atoms with Crippen LogP contribution < -0.4 is 10.1 Å². The second kappa shape index (κ2) is 9.21. The predicted molar refractivity (Wildman–Crippen MR) is 121 cm³/mol. The minimum absolute atomic E-state index is 0.0954. The normalized spacial score (nSPS) is 16.0. The lowest BCUT2D eigenvalue weighted by Gasteiger charge is -2.33. The van der Waals surface area contributed by atoms with E-state index in [2.05, 4.69) is 26.1 Å². The summed E-state index contributed by atoms with van der Waals surface area (Å²) < 4.78 is 10.2. The fraction of sp³-hybridized carbons (Fsp3) is 0.500. The van der Waals surface area contributed by atoms with Crippen molar-refractivity contribution in [1.82, 2.24) is 0 Å². The largest absolute Gasteiger partial charge is 0.497 e. The van der Waals surface area contributed by atoms with Crippen LogP contribution in [0, 0.1) is 11.3 Å². The van der Waals surface area contributed by atoms with Crippen LogP contribution in [0.5, 0.6) is 5.75 Å². The van der Waals surface area contributed by atoms with Gasteiger partial charge >= 0.3 is 5.97 Å². The molecule has 0 saturated carbocycles. The summed E-state index contributed by atoms with van der Waals surface area (Å²) in [7, 11) is 3.02. The quantitative estimate of drug-likeness (QED) is 0.636. The third-order valence-electron chi connectivity index (χ3n) is 5.93. The molecule has 0 bridgehead atoms. The summed E-state index contributed by atoms with van der Waals surface area (Å²) in [5.74, 6) is 0.894. The molecular weight excluding hydrogens is 398 g/mol. The van der Waals surface area contributed by atoms with Crippen LogP contribution in [-0.2, 0) is 28.8 Å². The number of aryl methyl sites for hydroxylation is 1. The number of rotatable bonds is 6. The molecule has 1 amide bonds. The molecule has 1 atom stereocenters. The number of carbonyl (C=O) groups excluding carboxylic acids is 2. The molecule has 1 aliphatic carbocycles. The highest BCUT2D eigenvalue weighted by Crippen LogP contribution is 2.44. The first kappa shape index (κ1) is 22.3. The van der Waals surface area contributed by atoms with E-state index < -0.39 is 0 Å². The van der Waals surface area contributed by atoms with Gasteiger partial charge in [0.25, 0.3) is 0 Å². The van der Waals surface area contributed by atoms with Gasteiger partial charge < -0.3 is 14.8 Å². The summed E-state index contributed by atoms with van der Waals surface area (Å²) in [6.07, 6.45) is 3.80. The van der Waals surface area contributed by atoms with E-state index in [0.29, 0.717) is 29.3 Å². The monoisotopic (exact) mass is 429 g/mol. The Morgan fingerprint density at radius 2 is 1.87 bits per heavy atom. The lowest BCUT2D eigenvalue weighted by molar-refractivity contribution is -0.116. The molecule has 0 spiro atoms. The van der Waals surface area contributed by atoms with Crippen LogP contribution in [-0.4, -0.2) is 26.1 Å². The van der Waals surface area contributed by atoms with Gasteiger partial charge in [0, 0.05) is 11.3 Å². The van der Waals surface area contributed by atoms with Crippen LogP contribution in [0.1, 0.15) is 60.0 Å². The van der Waals surface area contributed by atoms with Gasteiger partial charge in [-0.3, -0.25) is 4.79 Å². The van der Waals surface area contributed by atoms with Gasteiger partial charge in [0.2, 0.25) is 5.91 Å². The molecule has 162 valence electrons. The van der Waals surface area contributed by atoms with Crippen LogP contribution in [0.4, 0.5) is 5.00 Å². The molecular formula is C24H31NO4S. The molecule has 1 heterocycles. The molecule has 0 aliphatic heterocycles. The summed E-state index contributed by atoms with van der Waals surface area (Å²) in [6, 6.07) is 7.70. The van der Waals surface area contributed by atoms with Gasteiger partial charge in [-0.05, 0) is 60.3 Å². The van der Waals surface area contributed by atoms with Crippen molar-refractivity contribution in [2.75, 3.05) is 19.5 Å². The van der Waals surface area contributed by atoms with E-state index in [1.807, 2.05) is 24.3 Å². The molecule has 2 aromatic rings. The lowest BCUT2D eigenvalue weighted by Crippen LogP contribution is -2.26. The summed E-state index contributed by atoms with van der Waals surface area (Å²) >= 11 is 1.53. The van der Waals surface area contributed by atoms with Crippen molar-refractivity contribution in [3.8, 4) is 5.75 Å². The molecule has 1 unspecified atom stereocenters. The molecule has 5 nitrogen and oxygen atoms in total. The van der Waals surface area contributed by atoms with E-state index in [1.165, 1.54) is 23.3 Å². The van der Waals surface area contributed by atoms with Crippen LogP contribution in [0.2, 0.25) is 0 Å². The van der Waals surface area contributed by atoms with Crippen molar-refractivity contribution in [3.63, 3.8) is 0 Å². The summed E-state index contributed by atoms with van der Waals surface area (Å²) in [6.45, 7) is 6.79. The second-order valence-corrected chi connectivity index (χ2v) is 10.0. The molecule has 6 heteroatoms. The molecule has 0 fully saturated rings. The van der Waals surface area contributed by atoms with Crippen LogP contribution in [0.25, 0.3) is 0 Å². The number of benzene rings is 1. The molecule has 0 saturated heterocycles. The minimum Gasteiger partial charge on any atom is -0.497 e. The Hall–Kier alpha value is -2.34. The number of ether oxygens (including phenoxy) is 2. The minimum atomic E-state index is -0.368. The predicted octanol–water partition coefficient (Wildman–Crippen LogP) is 5.27.